The Hall–Kier alpha value is -2.68. The minimum absolute atomic E-state index is 0.0526. The Balaban J connectivity index is 1.10. The molecule has 0 aromatic carbocycles. The van der Waals surface area contributed by atoms with Gasteiger partial charge in [0, 0.05) is 69.9 Å². The second-order valence-electron chi connectivity index (χ2n) is 9.98. The van der Waals surface area contributed by atoms with E-state index < -0.39 is 0 Å². The Morgan fingerprint density at radius 1 is 0.943 bits per heavy atom. The van der Waals surface area contributed by atoms with Crippen LogP contribution in [0.5, 0.6) is 0 Å². The quantitative estimate of drug-likeness (QED) is 0.638. The number of pyridine rings is 1. The van der Waals surface area contributed by atoms with Crippen molar-refractivity contribution in [3.05, 3.63) is 40.5 Å². The molecule has 0 unspecified atom stereocenters. The number of rotatable bonds is 4. The molecular formula is C26H36N6O2S. The number of amides is 3. The van der Waals surface area contributed by atoms with Crippen LogP contribution >= 0.6 is 11.3 Å². The molecule has 2 aliphatic heterocycles. The van der Waals surface area contributed by atoms with Crippen LogP contribution in [0.15, 0.2) is 29.8 Å². The van der Waals surface area contributed by atoms with Crippen molar-refractivity contribution in [1.29, 1.82) is 0 Å². The summed E-state index contributed by atoms with van der Waals surface area (Å²) >= 11 is 1.60. The second kappa shape index (κ2) is 10.9. The Kier molecular flexibility index (Phi) is 7.51. The van der Waals surface area contributed by atoms with Crippen molar-refractivity contribution in [1.82, 2.24) is 24.7 Å². The van der Waals surface area contributed by atoms with E-state index in [1.54, 1.807) is 11.3 Å². The highest BCUT2D eigenvalue weighted by Crippen LogP contribution is 2.31. The molecule has 2 aromatic rings. The molecule has 0 atom stereocenters. The molecule has 1 aliphatic carbocycles. The molecule has 3 amide bonds. The summed E-state index contributed by atoms with van der Waals surface area (Å²) < 4.78 is 0. The second-order valence-corrected chi connectivity index (χ2v) is 10.9. The van der Waals surface area contributed by atoms with Gasteiger partial charge >= 0.3 is 6.03 Å². The van der Waals surface area contributed by atoms with Gasteiger partial charge in [-0.1, -0.05) is 25.3 Å². The Labute approximate surface area is 211 Å². The SMILES string of the molecule is CN(C(=O)c1csc(C2CCN(C(=O)N3CCN(c4ccccn4)CC3)CC2)n1)C1CCCCC1. The lowest BCUT2D eigenvalue weighted by Crippen LogP contribution is -2.54. The van der Waals surface area contributed by atoms with E-state index in [-0.39, 0.29) is 11.9 Å². The van der Waals surface area contributed by atoms with Gasteiger partial charge in [-0.15, -0.1) is 11.3 Å². The summed E-state index contributed by atoms with van der Waals surface area (Å²) in [5.41, 5.74) is 0.586. The predicted octanol–water partition coefficient (Wildman–Crippen LogP) is 4.06. The lowest BCUT2D eigenvalue weighted by Gasteiger charge is -2.39. The zero-order valence-corrected chi connectivity index (χ0v) is 21.5. The Bertz CT molecular complexity index is 992. The fraction of sp³-hybridized carbons (Fsp3) is 0.615. The number of hydrogen-bond donors (Lipinski definition) is 0. The molecule has 0 N–H and O–H groups in total. The minimum atomic E-state index is 0.0526. The number of hydrogen-bond acceptors (Lipinski definition) is 6. The van der Waals surface area contributed by atoms with Crippen LogP contribution in [0.3, 0.4) is 0 Å². The number of likely N-dealkylation sites (tertiary alicyclic amines) is 1. The molecule has 8 nitrogen and oxygen atoms in total. The highest BCUT2D eigenvalue weighted by molar-refractivity contribution is 7.09. The summed E-state index contributed by atoms with van der Waals surface area (Å²) in [6.07, 6.45) is 9.52. The summed E-state index contributed by atoms with van der Waals surface area (Å²) in [6, 6.07) is 6.44. The fourth-order valence-electron chi connectivity index (χ4n) is 5.57. The molecule has 188 valence electrons. The van der Waals surface area contributed by atoms with Crippen LogP contribution in [0.4, 0.5) is 10.6 Å². The number of aromatic nitrogens is 2. The van der Waals surface area contributed by atoms with Crippen molar-refractivity contribution in [3.63, 3.8) is 0 Å². The van der Waals surface area contributed by atoms with Crippen LogP contribution in [0.1, 0.15) is 66.4 Å². The highest BCUT2D eigenvalue weighted by atomic mass is 32.1. The summed E-state index contributed by atoms with van der Waals surface area (Å²) in [4.78, 5) is 43.4. The number of anilines is 1. The van der Waals surface area contributed by atoms with Gasteiger partial charge in [0.1, 0.15) is 11.5 Å². The molecule has 35 heavy (non-hydrogen) atoms. The van der Waals surface area contributed by atoms with Gasteiger partial charge in [-0.3, -0.25) is 4.79 Å². The van der Waals surface area contributed by atoms with Gasteiger partial charge in [-0.05, 0) is 37.8 Å². The Morgan fingerprint density at radius 2 is 1.66 bits per heavy atom. The number of piperazine rings is 1. The largest absolute Gasteiger partial charge is 0.353 e. The van der Waals surface area contributed by atoms with E-state index in [1.165, 1.54) is 19.3 Å². The third kappa shape index (κ3) is 5.44. The van der Waals surface area contributed by atoms with Gasteiger partial charge in [0.25, 0.3) is 5.91 Å². The van der Waals surface area contributed by atoms with Gasteiger partial charge < -0.3 is 19.6 Å². The summed E-state index contributed by atoms with van der Waals surface area (Å²) in [6.45, 7) is 4.56. The van der Waals surface area contributed by atoms with Gasteiger partial charge in [0.05, 0.1) is 5.01 Å². The van der Waals surface area contributed by atoms with E-state index in [1.807, 2.05) is 51.5 Å². The average molecular weight is 497 g/mol. The first-order valence-corrected chi connectivity index (χ1v) is 13.9. The first-order chi connectivity index (χ1) is 17.1. The van der Waals surface area contributed by atoms with Crippen LogP contribution in [0.2, 0.25) is 0 Å². The molecule has 0 bridgehead atoms. The smallest absolute Gasteiger partial charge is 0.320 e. The van der Waals surface area contributed by atoms with Crippen LogP contribution in [0.25, 0.3) is 0 Å². The van der Waals surface area contributed by atoms with E-state index in [2.05, 4.69) is 9.88 Å². The zero-order chi connectivity index (χ0) is 24.2. The third-order valence-electron chi connectivity index (χ3n) is 7.82. The maximum absolute atomic E-state index is 13.1. The molecule has 0 spiro atoms. The lowest BCUT2D eigenvalue weighted by atomic mass is 9.94. The Morgan fingerprint density at radius 3 is 2.34 bits per heavy atom. The minimum Gasteiger partial charge on any atom is -0.353 e. The summed E-state index contributed by atoms with van der Waals surface area (Å²) in [5, 5.41) is 2.97. The number of piperidine rings is 1. The molecule has 4 heterocycles. The van der Waals surface area contributed by atoms with Crippen LogP contribution < -0.4 is 4.90 Å². The molecule has 5 rings (SSSR count). The van der Waals surface area contributed by atoms with Crippen LogP contribution in [-0.4, -0.2) is 89.0 Å². The van der Waals surface area contributed by atoms with Gasteiger partial charge in [-0.25, -0.2) is 14.8 Å². The van der Waals surface area contributed by atoms with Crippen molar-refractivity contribution >= 4 is 29.1 Å². The number of carbonyl (C=O) groups is 2. The van der Waals surface area contributed by atoms with Gasteiger partial charge in [0.15, 0.2) is 0 Å². The monoisotopic (exact) mass is 496 g/mol. The van der Waals surface area contributed by atoms with E-state index in [0.29, 0.717) is 17.7 Å². The maximum atomic E-state index is 13.1. The fourth-order valence-corrected chi connectivity index (χ4v) is 6.54. The van der Waals surface area contributed by atoms with Crippen molar-refractivity contribution < 1.29 is 9.59 Å². The van der Waals surface area contributed by atoms with E-state index in [0.717, 1.165) is 75.8 Å². The van der Waals surface area contributed by atoms with Crippen molar-refractivity contribution in [2.24, 2.45) is 0 Å². The summed E-state index contributed by atoms with van der Waals surface area (Å²) in [5.74, 6) is 1.36. The maximum Gasteiger partial charge on any atom is 0.320 e. The lowest BCUT2D eigenvalue weighted by molar-refractivity contribution is 0.0691. The normalized spacial score (nSPS) is 20.2. The third-order valence-corrected chi connectivity index (χ3v) is 8.83. The molecule has 3 aliphatic rings. The van der Waals surface area contributed by atoms with E-state index in [4.69, 9.17) is 4.98 Å². The highest BCUT2D eigenvalue weighted by Gasteiger charge is 2.31. The van der Waals surface area contributed by atoms with E-state index >= 15 is 0 Å². The first kappa shape index (κ1) is 24.0. The summed E-state index contributed by atoms with van der Waals surface area (Å²) in [7, 11) is 1.93. The molecule has 0 radical (unpaired) electrons. The number of thiazole rings is 1. The molecule has 2 saturated heterocycles. The molecule has 2 aromatic heterocycles. The van der Waals surface area contributed by atoms with Gasteiger partial charge in [-0.2, -0.15) is 0 Å². The number of nitrogens with zero attached hydrogens (tertiary/aromatic N) is 6. The average Bonchev–Trinajstić information content (AvgIpc) is 3.43. The molecular weight excluding hydrogens is 460 g/mol. The first-order valence-electron chi connectivity index (χ1n) is 13.0. The van der Waals surface area contributed by atoms with Crippen molar-refractivity contribution in [3.8, 4) is 0 Å². The standard InChI is InChI=1S/C26H36N6O2S/c1-29(21-7-3-2-4-8-21)25(33)22-19-35-24(28-22)20-10-13-31(14-11-20)26(34)32-17-15-30(16-18-32)23-9-5-6-12-27-23/h5-6,9,12,19-21H,2-4,7-8,10-11,13-18H2,1H3. The molecule has 1 saturated carbocycles. The topological polar surface area (TPSA) is 72.9 Å². The predicted molar refractivity (Wildman–Crippen MR) is 138 cm³/mol. The zero-order valence-electron chi connectivity index (χ0n) is 20.6. The number of urea groups is 1. The van der Waals surface area contributed by atoms with Crippen LogP contribution in [-0.2, 0) is 0 Å². The van der Waals surface area contributed by atoms with Crippen molar-refractivity contribution in [2.45, 2.75) is 56.9 Å². The van der Waals surface area contributed by atoms with Gasteiger partial charge in [0.2, 0.25) is 0 Å². The number of carbonyl (C=O) groups excluding carboxylic acids is 2. The van der Waals surface area contributed by atoms with E-state index in [9.17, 15) is 9.59 Å². The van der Waals surface area contributed by atoms with Crippen molar-refractivity contribution in [2.75, 3.05) is 51.2 Å². The molecule has 9 heteroatoms. The molecule has 3 fully saturated rings. The van der Waals surface area contributed by atoms with Crippen LogP contribution in [0, 0.1) is 0 Å².